The maximum atomic E-state index is 12.8. The lowest BCUT2D eigenvalue weighted by atomic mass is 10.0. The van der Waals surface area contributed by atoms with Crippen molar-refractivity contribution < 1.29 is 42.1 Å². The molecule has 72 heavy (non-hydrogen) atoms. The molecule has 0 aromatic rings. The fourth-order valence-electron chi connectivity index (χ4n) is 9.73. The van der Waals surface area contributed by atoms with Crippen molar-refractivity contribution in [1.82, 2.24) is 0 Å². The van der Waals surface area contributed by atoms with Crippen LogP contribution in [0.15, 0.2) is 0 Å². The molecule has 2 atom stereocenters. The van der Waals surface area contributed by atoms with Gasteiger partial charge in [-0.25, -0.2) is 4.57 Å². The second-order valence-corrected chi connectivity index (χ2v) is 24.6. The molecule has 0 spiro atoms. The number of quaternary nitrogens is 1. The summed E-state index contributed by atoms with van der Waals surface area (Å²) in [6.45, 7) is 4.48. The molecule has 0 saturated carbocycles. The van der Waals surface area contributed by atoms with Crippen LogP contribution < -0.4 is 0 Å². The van der Waals surface area contributed by atoms with E-state index >= 15 is 0 Å². The highest BCUT2D eigenvalue weighted by atomic mass is 31.2. The summed E-state index contributed by atoms with van der Waals surface area (Å²) in [5, 5.41) is 0. The van der Waals surface area contributed by atoms with Crippen LogP contribution in [0.1, 0.15) is 335 Å². The Morgan fingerprint density at radius 1 is 0.375 bits per heavy atom. The van der Waals surface area contributed by atoms with E-state index in [4.69, 9.17) is 18.5 Å². The Morgan fingerprint density at radius 2 is 0.625 bits per heavy atom. The van der Waals surface area contributed by atoms with Gasteiger partial charge in [0.05, 0.1) is 27.7 Å². The van der Waals surface area contributed by atoms with Crippen molar-refractivity contribution in [2.24, 2.45) is 0 Å². The maximum Gasteiger partial charge on any atom is 0.472 e. The number of hydrogen-bond acceptors (Lipinski definition) is 7. The third-order valence-corrected chi connectivity index (χ3v) is 15.6. The smallest absolute Gasteiger partial charge is 0.462 e. The van der Waals surface area contributed by atoms with Crippen LogP contribution in [-0.4, -0.2) is 74.9 Å². The first-order valence-electron chi connectivity index (χ1n) is 31.8. The summed E-state index contributed by atoms with van der Waals surface area (Å²) in [6.07, 6.45) is 63.7. The van der Waals surface area contributed by atoms with E-state index in [0.717, 1.165) is 38.5 Å². The van der Waals surface area contributed by atoms with Crippen molar-refractivity contribution >= 4 is 19.8 Å². The van der Waals surface area contributed by atoms with Gasteiger partial charge in [-0.2, -0.15) is 0 Å². The number of rotatable bonds is 60. The Hall–Kier alpha value is -0.990. The molecule has 0 heterocycles. The molecule has 0 aliphatic heterocycles. The number of nitrogens with zero attached hydrogens (tertiary/aromatic N) is 1. The molecular weight excluding hydrogens is 918 g/mol. The first-order valence-corrected chi connectivity index (χ1v) is 33.3. The largest absolute Gasteiger partial charge is 0.472 e. The molecule has 10 heteroatoms. The molecule has 0 aliphatic rings. The van der Waals surface area contributed by atoms with Crippen LogP contribution >= 0.6 is 7.82 Å². The number of ether oxygens (including phenoxy) is 2. The van der Waals surface area contributed by atoms with Gasteiger partial charge in [-0.1, -0.05) is 309 Å². The Bertz CT molecular complexity index is 1180. The van der Waals surface area contributed by atoms with Gasteiger partial charge in [-0.05, 0) is 12.8 Å². The average Bonchev–Trinajstić information content (AvgIpc) is 3.34. The number of phosphoric ester groups is 1. The summed E-state index contributed by atoms with van der Waals surface area (Å²) in [4.78, 5) is 35.6. The maximum absolute atomic E-state index is 12.8. The van der Waals surface area contributed by atoms with Crippen LogP contribution in [0.3, 0.4) is 0 Å². The molecule has 0 aromatic heterocycles. The number of likely N-dealkylation sites (N-methyl/N-ethyl adjacent to an activating group) is 1. The van der Waals surface area contributed by atoms with Crippen molar-refractivity contribution in [3.8, 4) is 0 Å². The minimum atomic E-state index is -4.37. The molecule has 0 aliphatic carbocycles. The van der Waals surface area contributed by atoms with Gasteiger partial charge in [0, 0.05) is 12.8 Å². The van der Waals surface area contributed by atoms with E-state index in [0.29, 0.717) is 17.4 Å². The third kappa shape index (κ3) is 58.3. The molecule has 430 valence electrons. The normalized spacial score (nSPS) is 13.1. The molecule has 0 rings (SSSR count). The molecule has 1 N–H and O–H groups in total. The van der Waals surface area contributed by atoms with Crippen molar-refractivity contribution in [2.45, 2.75) is 341 Å². The Balaban J connectivity index is 3.82. The fourth-order valence-corrected chi connectivity index (χ4v) is 10.5. The van der Waals surface area contributed by atoms with Crippen LogP contribution in [0.2, 0.25) is 0 Å². The number of carbonyl (C=O) groups excluding carboxylic acids is 2. The minimum Gasteiger partial charge on any atom is -0.462 e. The molecule has 0 bridgehead atoms. The number of esters is 2. The molecule has 0 aromatic carbocycles. The van der Waals surface area contributed by atoms with Gasteiger partial charge in [0.1, 0.15) is 19.8 Å². The highest BCUT2D eigenvalue weighted by molar-refractivity contribution is 7.47. The van der Waals surface area contributed by atoms with E-state index in [-0.39, 0.29) is 25.6 Å². The van der Waals surface area contributed by atoms with Crippen molar-refractivity contribution in [2.75, 3.05) is 47.5 Å². The number of unbranched alkanes of at least 4 members (excludes halogenated alkanes) is 46. The van der Waals surface area contributed by atoms with Gasteiger partial charge in [0.25, 0.3) is 0 Å². The van der Waals surface area contributed by atoms with E-state index in [1.165, 1.54) is 270 Å². The molecule has 2 unspecified atom stereocenters. The molecule has 0 saturated heterocycles. The summed E-state index contributed by atoms with van der Waals surface area (Å²) in [5.74, 6) is -0.778. The second-order valence-electron chi connectivity index (χ2n) is 23.2. The van der Waals surface area contributed by atoms with Crippen LogP contribution in [0, 0.1) is 0 Å². The number of carbonyl (C=O) groups is 2. The first kappa shape index (κ1) is 71.0. The Morgan fingerprint density at radius 3 is 0.889 bits per heavy atom. The lowest BCUT2D eigenvalue weighted by Gasteiger charge is -2.24. The van der Waals surface area contributed by atoms with E-state index in [2.05, 4.69) is 13.8 Å². The fraction of sp³-hybridized carbons (Fsp3) is 0.968. The van der Waals surface area contributed by atoms with Crippen LogP contribution in [0.25, 0.3) is 0 Å². The van der Waals surface area contributed by atoms with Gasteiger partial charge in [-0.3, -0.25) is 18.6 Å². The highest BCUT2D eigenvalue weighted by Gasteiger charge is 2.27. The number of hydrogen-bond donors (Lipinski definition) is 1. The Labute approximate surface area is 448 Å². The van der Waals surface area contributed by atoms with Crippen LogP contribution in [0.5, 0.6) is 0 Å². The summed E-state index contributed by atoms with van der Waals surface area (Å²) < 4.78 is 34.5. The van der Waals surface area contributed by atoms with Gasteiger partial charge < -0.3 is 18.9 Å². The average molecular weight is 1040 g/mol. The van der Waals surface area contributed by atoms with E-state index in [1.54, 1.807) is 0 Å². The highest BCUT2D eigenvalue weighted by Crippen LogP contribution is 2.43. The Kier molecular flexibility index (Phi) is 54.0. The van der Waals surface area contributed by atoms with E-state index in [1.807, 2.05) is 21.1 Å². The van der Waals surface area contributed by atoms with Gasteiger partial charge in [-0.15, -0.1) is 0 Å². The first-order chi connectivity index (χ1) is 35.0. The molecular formula is C62H125NO8P+. The summed E-state index contributed by atoms with van der Waals surface area (Å²) >= 11 is 0. The van der Waals surface area contributed by atoms with Crippen LogP contribution in [-0.2, 0) is 32.7 Å². The third-order valence-electron chi connectivity index (χ3n) is 14.6. The minimum absolute atomic E-state index is 0.0372. The quantitative estimate of drug-likeness (QED) is 0.0278. The van der Waals surface area contributed by atoms with Gasteiger partial charge >= 0.3 is 19.8 Å². The standard InChI is InChI=1S/C62H124NO8P/c1-6-8-10-12-14-16-18-19-20-21-22-23-24-25-26-27-28-29-30-31-32-33-34-35-36-37-38-39-40-41-42-43-45-47-49-51-53-55-62(65)71-60(59-70-72(66,67)69-57-56-63(3,4)5)58-68-61(64)54-52-50-48-46-44-17-15-13-11-9-7-2/h60H,6-59H2,1-5H3/p+1. The van der Waals surface area contributed by atoms with E-state index in [9.17, 15) is 19.0 Å². The molecule has 0 amide bonds. The van der Waals surface area contributed by atoms with Gasteiger partial charge in [0.15, 0.2) is 6.10 Å². The van der Waals surface area contributed by atoms with Crippen molar-refractivity contribution in [1.29, 1.82) is 0 Å². The SMILES string of the molecule is CCCCCCCCCCCCCCCCCCCCCCCCCCCCCCCCCCCCCCCC(=O)OC(COC(=O)CCCCCCCCCCCCC)COP(=O)(O)OCC[N+](C)(C)C. The second kappa shape index (κ2) is 54.8. The summed E-state index contributed by atoms with van der Waals surface area (Å²) in [6, 6.07) is 0. The lowest BCUT2D eigenvalue weighted by molar-refractivity contribution is -0.870. The molecule has 0 radical (unpaired) electrons. The zero-order chi connectivity index (χ0) is 52.7. The van der Waals surface area contributed by atoms with Crippen LogP contribution in [0.4, 0.5) is 0 Å². The number of phosphoric acid groups is 1. The predicted molar refractivity (Wildman–Crippen MR) is 308 cm³/mol. The topological polar surface area (TPSA) is 108 Å². The molecule has 0 fully saturated rings. The lowest BCUT2D eigenvalue weighted by Crippen LogP contribution is -2.37. The summed E-state index contributed by atoms with van der Waals surface area (Å²) in [5.41, 5.74) is 0. The zero-order valence-electron chi connectivity index (χ0n) is 49.0. The zero-order valence-corrected chi connectivity index (χ0v) is 49.9. The monoisotopic (exact) mass is 1040 g/mol. The summed E-state index contributed by atoms with van der Waals surface area (Å²) in [7, 11) is 1.50. The van der Waals surface area contributed by atoms with Crippen molar-refractivity contribution in [3.05, 3.63) is 0 Å². The van der Waals surface area contributed by atoms with Gasteiger partial charge in [0.2, 0.25) is 0 Å². The van der Waals surface area contributed by atoms with E-state index < -0.39 is 26.5 Å². The predicted octanol–water partition coefficient (Wildman–Crippen LogP) is 19.8. The molecule has 9 nitrogen and oxygen atoms in total. The van der Waals surface area contributed by atoms with Crippen molar-refractivity contribution in [3.63, 3.8) is 0 Å².